The lowest BCUT2D eigenvalue weighted by molar-refractivity contribution is 0.228. The molecule has 1 heterocycles. The predicted molar refractivity (Wildman–Crippen MR) is 98.7 cm³/mol. The van der Waals surface area contributed by atoms with Crippen LogP contribution in [-0.2, 0) is 10.0 Å². The molecule has 9 heteroatoms. The molecular weight excluding hydrogens is 416 g/mol. The van der Waals surface area contributed by atoms with Crippen molar-refractivity contribution in [3.8, 4) is 11.5 Å². The highest BCUT2D eigenvalue weighted by molar-refractivity contribution is 9.10. The summed E-state index contributed by atoms with van der Waals surface area (Å²) in [6.45, 7) is 3.83. The lowest BCUT2D eigenvalue weighted by atomic mass is 10.2. The van der Waals surface area contributed by atoms with Crippen LogP contribution in [0.25, 0.3) is 0 Å². The Kier molecular flexibility index (Phi) is 6.25. The topological polar surface area (TPSA) is 77.0 Å². The van der Waals surface area contributed by atoms with Crippen molar-refractivity contribution < 1.29 is 17.9 Å². The summed E-state index contributed by atoms with van der Waals surface area (Å²) in [5.41, 5.74) is 0.656. The van der Waals surface area contributed by atoms with Gasteiger partial charge in [0.1, 0.15) is 4.21 Å². The van der Waals surface area contributed by atoms with Gasteiger partial charge in [-0.1, -0.05) is 6.07 Å². The normalized spacial score (nSPS) is 11.9. The van der Waals surface area contributed by atoms with Crippen LogP contribution in [0, 0.1) is 0 Å². The van der Waals surface area contributed by atoms with Crippen molar-refractivity contribution >= 4 is 43.5 Å². The molecule has 0 spiro atoms. The third-order valence-corrected chi connectivity index (χ3v) is 5.96. The zero-order valence-electron chi connectivity index (χ0n) is 13.3. The number of nitrogens with zero attached hydrogens (tertiary/aromatic N) is 1. The van der Waals surface area contributed by atoms with E-state index in [4.69, 9.17) is 9.47 Å². The second-order valence-corrected chi connectivity index (χ2v) is 8.68. The molecule has 0 saturated heterocycles. The van der Waals surface area contributed by atoms with E-state index in [9.17, 15) is 8.42 Å². The molecule has 0 radical (unpaired) electrons. The van der Waals surface area contributed by atoms with E-state index in [1.54, 1.807) is 23.6 Å². The van der Waals surface area contributed by atoms with Gasteiger partial charge in [0, 0.05) is 0 Å². The van der Waals surface area contributed by atoms with Crippen molar-refractivity contribution in [2.24, 2.45) is 5.10 Å². The number of nitrogens with one attached hydrogen (secondary N) is 1. The van der Waals surface area contributed by atoms with Crippen molar-refractivity contribution in [2.75, 3.05) is 7.11 Å². The van der Waals surface area contributed by atoms with Crippen molar-refractivity contribution in [3.63, 3.8) is 0 Å². The predicted octanol–water partition coefficient (Wildman–Crippen LogP) is 3.62. The van der Waals surface area contributed by atoms with Crippen molar-refractivity contribution in [2.45, 2.75) is 24.2 Å². The Bertz CT molecular complexity index is 818. The summed E-state index contributed by atoms with van der Waals surface area (Å²) in [6.07, 6.45) is 1.39. The van der Waals surface area contributed by atoms with Gasteiger partial charge in [-0.2, -0.15) is 18.4 Å². The molecule has 1 N–H and O–H groups in total. The van der Waals surface area contributed by atoms with Crippen molar-refractivity contribution in [3.05, 3.63) is 39.7 Å². The van der Waals surface area contributed by atoms with Gasteiger partial charge in [-0.25, -0.2) is 0 Å². The van der Waals surface area contributed by atoms with E-state index in [-0.39, 0.29) is 10.3 Å². The van der Waals surface area contributed by atoms with Gasteiger partial charge >= 0.3 is 0 Å². The molecule has 0 atom stereocenters. The Morgan fingerprint density at radius 2 is 2.12 bits per heavy atom. The molecule has 0 amide bonds. The summed E-state index contributed by atoms with van der Waals surface area (Å²) in [7, 11) is -2.10. The highest BCUT2D eigenvalue weighted by Gasteiger charge is 2.14. The lowest BCUT2D eigenvalue weighted by Gasteiger charge is -2.15. The average Bonchev–Trinajstić information content (AvgIpc) is 3.04. The van der Waals surface area contributed by atoms with Crippen LogP contribution >= 0.6 is 27.3 Å². The maximum Gasteiger partial charge on any atom is 0.286 e. The molecular formula is C15H17BrN2O4S2. The second-order valence-electron chi connectivity index (χ2n) is 4.99. The Balaban J connectivity index is 2.19. The molecule has 0 aliphatic rings. The van der Waals surface area contributed by atoms with E-state index in [0.29, 0.717) is 21.5 Å². The van der Waals surface area contributed by atoms with Gasteiger partial charge in [-0.05, 0) is 58.9 Å². The smallest absolute Gasteiger partial charge is 0.286 e. The summed E-state index contributed by atoms with van der Waals surface area (Å²) >= 11 is 4.55. The van der Waals surface area contributed by atoms with Gasteiger partial charge in [-0.15, -0.1) is 11.3 Å². The molecule has 24 heavy (non-hydrogen) atoms. The van der Waals surface area contributed by atoms with Gasteiger partial charge < -0.3 is 9.47 Å². The largest absolute Gasteiger partial charge is 0.493 e. The number of hydrogen-bond donors (Lipinski definition) is 1. The Morgan fingerprint density at radius 3 is 2.71 bits per heavy atom. The maximum absolute atomic E-state index is 12.0. The number of ether oxygens (including phenoxy) is 2. The number of benzene rings is 1. The van der Waals surface area contributed by atoms with Crippen molar-refractivity contribution in [1.29, 1.82) is 0 Å². The minimum Gasteiger partial charge on any atom is -0.493 e. The quantitative estimate of drug-likeness (QED) is 0.535. The van der Waals surface area contributed by atoms with Crippen LogP contribution in [0.5, 0.6) is 11.5 Å². The number of hydrazone groups is 1. The Hall–Kier alpha value is -1.58. The lowest BCUT2D eigenvalue weighted by Crippen LogP contribution is -2.17. The zero-order chi connectivity index (χ0) is 17.7. The standard InChI is InChI=1S/C15H17BrN2O4S2/c1-10(2)22-15-12(16)7-11(8-13(15)21-3)9-17-18-24(19,20)14-5-4-6-23-14/h4-10,18H,1-3H3/b17-9+. The third-order valence-electron chi connectivity index (χ3n) is 2.75. The van der Waals surface area contributed by atoms with Crippen molar-refractivity contribution in [1.82, 2.24) is 4.83 Å². The molecule has 2 rings (SSSR count). The highest BCUT2D eigenvalue weighted by atomic mass is 79.9. The number of hydrogen-bond acceptors (Lipinski definition) is 6. The van der Waals surface area contributed by atoms with Crippen LogP contribution in [0.2, 0.25) is 0 Å². The number of thiophene rings is 1. The molecule has 0 fully saturated rings. The average molecular weight is 433 g/mol. The minimum absolute atomic E-state index is 0.00711. The first-order chi connectivity index (χ1) is 11.3. The molecule has 0 unspecified atom stereocenters. The van der Waals surface area contributed by atoms with E-state index < -0.39 is 10.0 Å². The van der Waals surface area contributed by atoms with Gasteiger partial charge in [0.15, 0.2) is 11.5 Å². The summed E-state index contributed by atoms with van der Waals surface area (Å²) in [5, 5.41) is 5.49. The second kappa shape index (κ2) is 8.00. The molecule has 1 aromatic heterocycles. The molecule has 6 nitrogen and oxygen atoms in total. The number of sulfonamides is 1. The third kappa shape index (κ3) is 4.71. The van der Waals surface area contributed by atoms with E-state index in [1.165, 1.54) is 19.4 Å². The van der Waals surface area contributed by atoms with Crippen LogP contribution in [0.1, 0.15) is 19.4 Å². The fourth-order valence-corrected chi connectivity index (χ4v) is 4.12. The molecule has 0 saturated carbocycles. The van der Waals surface area contributed by atoms with Crippen LogP contribution in [0.4, 0.5) is 0 Å². The van der Waals surface area contributed by atoms with Crippen LogP contribution < -0.4 is 14.3 Å². The molecule has 0 aliphatic heterocycles. The zero-order valence-corrected chi connectivity index (χ0v) is 16.5. The van der Waals surface area contributed by atoms with E-state index in [2.05, 4.69) is 25.9 Å². The van der Waals surface area contributed by atoms with Gasteiger partial charge in [-0.3, -0.25) is 0 Å². The minimum atomic E-state index is -3.63. The number of halogens is 1. The first kappa shape index (κ1) is 18.8. The Labute approximate surface area is 153 Å². The van der Waals surface area contributed by atoms with Crippen LogP contribution in [0.3, 0.4) is 0 Å². The summed E-state index contributed by atoms with van der Waals surface area (Å²) in [6, 6.07) is 6.66. The summed E-state index contributed by atoms with van der Waals surface area (Å²) < 4.78 is 35.9. The summed E-state index contributed by atoms with van der Waals surface area (Å²) in [4.78, 5) is 2.18. The first-order valence-corrected chi connectivity index (χ1v) is 10.1. The highest BCUT2D eigenvalue weighted by Crippen LogP contribution is 2.36. The van der Waals surface area contributed by atoms with E-state index in [0.717, 1.165) is 11.3 Å². The Morgan fingerprint density at radius 1 is 1.38 bits per heavy atom. The number of rotatable bonds is 7. The summed E-state index contributed by atoms with van der Waals surface area (Å²) in [5.74, 6) is 1.12. The maximum atomic E-state index is 12.0. The molecule has 2 aromatic rings. The molecule has 1 aromatic carbocycles. The number of methoxy groups -OCH3 is 1. The molecule has 0 bridgehead atoms. The molecule has 0 aliphatic carbocycles. The van der Waals surface area contributed by atoms with Gasteiger partial charge in [0.05, 0.1) is 23.9 Å². The fraction of sp³-hybridized carbons (Fsp3) is 0.267. The first-order valence-electron chi connectivity index (χ1n) is 6.96. The molecule has 130 valence electrons. The van der Waals surface area contributed by atoms with Crippen LogP contribution in [-0.4, -0.2) is 27.8 Å². The fourth-order valence-electron chi connectivity index (χ4n) is 1.80. The van der Waals surface area contributed by atoms with Gasteiger partial charge in [0.25, 0.3) is 10.0 Å². The van der Waals surface area contributed by atoms with Crippen LogP contribution in [0.15, 0.2) is 43.4 Å². The van der Waals surface area contributed by atoms with Gasteiger partial charge in [0.2, 0.25) is 0 Å². The SMILES string of the molecule is COc1cc(/C=N/NS(=O)(=O)c2cccs2)cc(Br)c1OC(C)C. The van der Waals surface area contributed by atoms with E-state index >= 15 is 0 Å². The van der Waals surface area contributed by atoms with E-state index in [1.807, 2.05) is 13.8 Å². The monoisotopic (exact) mass is 432 g/mol.